The van der Waals surface area contributed by atoms with Crippen molar-refractivity contribution in [3.63, 3.8) is 0 Å². The standard InChI is InChI=1S/C17H14N2O4/c1-21-12-7-5-6-11(10-12)15-18-16(23-19-15)13-8-3-4-9-14(13)17(20)22-2/h3-10H,1-2H3. The van der Waals surface area contributed by atoms with Crippen molar-refractivity contribution >= 4 is 5.97 Å². The Balaban J connectivity index is 2.01. The van der Waals surface area contributed by atoms with E-state index in [2.05, 4.69) is 10.1 Å². The van der Waals surface area contributed by atoms with Gasteiger partial charge in [-0.25, -0.2) is 4.79 Å². The van der Waals surface area contributed by atoms with Crippen LogP contribution in [-0.2, 0) is 4.74 Å². The van der Waals surface area contributed by atoms with E-state index in [9.17, 15) is 4.79 Å². The molecule has 0 N–H and O–H groups in total. The zero-order valence-corrected chi connectivity index (χ0v) is 12.6. The third-order valence-corrected chi connectivity index (χ3v) is 3.32. The van der Waals surface area contributed by atoms with Gasteiger partial charge in [0.25, 0.3) is 5.89 Å². The van der Waals surface area contributed by atoms with Crippen LogP contribution in [0.1, 0.15) is 10.4 Å². The van der Waals surface area contributed by atoms with Gasteiger partial charge in [-0.1, -0.05) is 29.4 Å². The number of carbonyl (C=O) groups is 1. The zero-order chi connectivity index (χ0) is 16.2. The molecule has 3 aromatic rings. The highest BCUT2D eigenvalue weighted by molar-refractivity contribution is 5.96. The summed E-state index contributed by atoms with van der Waals surface area (Å²) in [7, 11) is 2.92. The summed E-state index contributed by atoms with van der Waals surface area (Å²) in [5.41, 5.74) is 1.66. The molecule has 0 aliphatic rings. The molecule has 0 amide bonds. The summed E-state index contributed by atoms with van der Waals surface area (Å²) in [6.07, 6.45) is 0. The molecule has 6 nitrogen and oxygen atoms in total. The van der Waals surface area contributed by atoms with Crippen LogP contribution in [-0.4, -0.2) is 30.3 Å². The van der Waals surface area contributed by atoms with Crippen LogP contribution in [0.5, 0.6) is 5.75 Å². The highest BCUT2D eigenvalue weighted by Crippen LogP contribution is 2.27. The average molecular weight is 310 g/mol. The van der Waals surface area contributed by atoms with Gasteiger partial charge >= 0.3 is 5.97 Å². The molecule has 2 aromatic carbocycles. The van der Waals surface area contributed by atoms with Crippen LogP contribution in [0.2, 0.25) is 0 Å². The number of carbonyl (C=O) groups excluding carboxylic acids is 1. The smallest absolute Gasteiger partial charge is 0.338 e. The lowest BCUT2D eigenvalue weighted by Gasteiger charge is -2.03. The predicted octanol–water partition coefficient (Wildman–Crippen LogP) is 3.20. The van der Waals surface area contributed by atoms with Gasteiger partial charge < -0.3 is 14.0 Å². The number of rotatable bonds is 4. The van der Waals surface area contributed by atoms with Crippen molar-refractivity contribution in [3.05, 3.63) is 54.1 Å². The summed E-state index contributed by atoms with van der Waals surface area (Å²) >= 11 is 0. The lowest BCUT2D eigenvalue weighted by atomic mass is 10.1. The molecular formula is C17H14N2O4. The van der Waals surface area contributed by atoms with E-state index in [0.717, 1.165) is 5.56 Å². The van der Waals surface area contributed by atoms with Gasteiger partial charge in [0.1, 0.15) is 5.75 Å². The number of ether oxygens (including phenoxy) is 2. The Hall–Kier alpha value is -3.15. The quantitative estimate of drug-likeness (QED) is 0.689. The highest BCUT2D eigenvalue weighted by atomic mass is 16.5. The van der Waals surface area contributed by atoms with Crippen LogP contribution >= 0.6 is 0 Å². The Morgan fingerprint density at radius 3 is 2.70 bits per heavy atom. The van der Waals surface area contributed by atoms with E-state index in [1.165, 1.54) is 7.11 Å². The van der Waals surface area contributed by atoms with Crippen LogP contribution in [0.15, 0.2) is 53.1 Å². The monoisotopic (exact) mass is 310 g/mol. The minimum Gasteiger partial charge on any atom is -0.497 e. The van der Waals surface area contributed by atoms with Crippen LogP contribution < -0.4 is 4.74 Å². The van der Waals surface area contributed by atoms with Crippen LogP contribution in [0.3, 0.4) is 0 Å². The number of hydrogen-bond acceptors (Lipinski definition) is 6. The fraction of sp³-hybridized carbons (Fsp3) is 0.118. The molecule has 0 unspecified atom stereocenters. The average Bonchev–Trinajstić information content (AvgIpc) is 3.11. The van der Waals surface area contributed by atoms with Crippen molar-refractivity contribution in [2.75, 3.05) is 14.2 Å². The van der Waals surface area contributed by atoms with E-state index in [1.54, 1.807) is 37.4 Å². The first kappa shape index (κ1) is 14.8. The van der Waals surface area contributed by atoms with E-state index < -0.39 is 5.97 Å². The topological polar surface area (TPSA) is 74.5 Å². The molecule has 0 atom stereocenters. The second kappa shape index (κ2) is 6.31. The summed E-state index contributed by atoms with van der Waals surface area (Å²) in [4.78, 5) is 16.2. The Morgan fingerprint density at radius 1 is 1.09 bits per heavy atom. The first-order valence-electron chi connectivity index (χ1n) is 6.89. The molecule has 0 bridgehead atoms. The van der Waals surface area contributed by atoms with Gasteiger partial charge in [-0.3, -0.25) is 0 Å². The molecule has 0 aliphatic carbocycles. The lowest BCUT2D eigenvalue weighted by Crippen LogP contribution is -2.03. The lowest BCUT2D eigenvalue weighted by molar-refractivity contribution is 0.0601. The second-order valence-corrected chi connectivity index (χ2v) is 4.69. The molecule has 0 saturated carbocycles. The second-order valence-electron chi connectivity index (χ2n) is 4.69. The fourth-order valence-electron chi connectivity index (χ4n) is 2.17. The molecule has 0 saturated heterocycles. The minimum atomic E-state index is -0.457. The maximum Gasteiger partial charge on any atom is 0.338 e. The maximum atomic E-state index is 11.8. The van der Waals surface area contributed by atoms with Crippen molar-refractivity contribution in [2.24, 2.45) is 0 Å². The molecule has 1 aromatic heterocycles. The Labute approximate surface area is 132 Å². The van der Waals surface area contributed by atoms with Crippen LogP contribution in [0.25, 0.3) is 22.8 Å². The molecule has 23 heavy (non-hydrogen) atoms. The maximum absolute atomic E-state index is 11.8. The predicted molar refractivity (Wildman–Crippen MR) is 83.1 cm³/mol. The molecular weight excluding hydrogens is 296 g/mol. The number of methoxy groups -OCH3 is 2. The SMILES string of the molecule is COC(=O)c1ccccc1-c1nc(-c2cccc(OC)c2)no1. The van der Waals surface area contributed by atoms with E-state index in [4.69, 9.17) is 14.0 Å². The van der Waals surface area contributed by atoms with E-state index in [0.29, 0.717) is 22.7 Å². The molecule has 1 heterocycles. The number of benzene rings is 2. The van der Waals surface area contributed by atoms with Gasteiger partial charge in [-0.05, 0) is 24.3 Å². The van der Waals surface area contributed by atoms with Crippen molar-refractivity contribution in [1.82, 2.24) is 10.1 Å². The van der Waals surface area contributed by atoms with Crippen molar-refractivity contribution in [1.29, 1.82) is 0 Å². The summed E-state index contributed by atoms with van der Waals surface area (Å²) in [5.74, 6) is 0.910. The molecule has 116 valence electrons. The molecule has 0 spiro atoms. The van der Waals surface area contributed by atoms with Gasteiger partial charge in [-0.15, -0.1) is 0 Å². The largest absolute Gasteiger partial charge is 0.497 e. The van der Waals surface area contributed by atoms with Crippen molar-refractivity contribution in [3.8, 4) is 28.6 Å². The number of esters is 1. The van der Waals surface area contributed by atoms with E-state index in [1.807, 2.05) is 18.2 Å². The molecule has 0 fully saturated rings. The summed E-state index contributed by atoms with van der Waals surface area (Å²) < 4.78 is 15.3. The van der Waals surface area contributed by atoms with Gasteiger partial charge in [0.15, 0.2) is 0 Å². The van der Waals surface area contributed by atoms with Gasteiger partial charge in [0, 0.05) is 5.56 Å². The van der Waals surface area contributed by atoms with E-state index in [-0.39, 0.29) is 5.89 Å². The molecule has 0 radical (unpaired) electrons. The Bertz CT molecular complexity index is 842. The third-order valence-electron chi connectivity index (χ3n) is 3.32. The first-order chi connectivity index (χ1) is 11.2. The Kier molecular flexibility index (Phi) is 4.05. The third kappa shape index (κ3) is 2.91. The van der Waals surface area contributed by atoms with Gasteiger partial charge in [0.2, 0.25) is 5.82 Å². The fourth-order valence-corrected chi connectivity index (χ4v) is 2.17. The number of hydrogen-bond donors (Lipinski definition) is 0. The summed E-state index contributed by atoms with van der Waals surface area (Å²) in [6, 6.07) is 14.2. The van der Waals surface area contributed by atoms with Gasteiger partial charge in [-0.2, -0.15) is 4.98 Å². The molecule has 6 heteroatoms. The summed E-state index contributed by atoms with van der Waals surface area (Å²) in [6.45, 7) is 0. The number of nitrogens with zero attached hydrogens (tertiary/aromatic N) is 2. The van der Waals surface area contributed by atoms with Crippen LogP contribution in [0, 0.1) is 0 Å². The first-order valence-corrected chi connectivity index (χ1v) is 6.89. The Morgan fingerprint density at radius 2 is 1.91 bits per heavy atom. The molecule has 0 aliphatic heterocycles. The van der Waals surface area contributed by atoms with Crippen LogP contribution in [0.4, 0.5) is 0 Å². The minimum absolute atomic E-state index is 0.254. The normalized spacial score (nSPS) is 10.3. The van der Waals surface area contributed by atoms with E-state index >= 15 is 0 Å². The van der Waals surface area contributed by atoms with Crippen molar-refractivity contribution in [2.45, 2.75) is 0 Å². The van der Waals surface area contributed by atoms with Gasteiger partial charge in [0.05, 0.1) is 25.3 Å². The molecule has 3 rings (SSSR count). The summed E-state index contributed by atoms with van der Waals surface area (Å²) in [5, 5.41) is 3.97. The highest BCUT2D eigenvalue weighted by Gasteiger charge is 2.18. The zero-order valence-electron chi connectivity index (χ0n) is 12.6. The van der Waals surface area contributed by atoms with Crippen molar-refractivity contribution < 1.29 is 18.8 Å². The number of aromatic nitrogens is 2.